The largest absolute Gasteiger partial charge is 0.481 e. The Balaban J connectivity index is 1.99. The number of halogens is 3. The van der Waals surface area contributed by atoms with Crippen LogP contribution in [0.1, 0.15) is 24.8 Å². The van der Waals surface area contributed by atoms with Gasteiger partial charge < -0.3 is 10.0 Å². The molecule has 1 amide bonds. The second-order valence-electron chi connectivity index (χ2n) is 6.13. The van der Waals surface area contributed by atoms with Gasteiger partial charge in [-0.2, -0.15) is 13.2 Å². The molecule has 1 aromatic carbocycles. The van der Waals surface area contributed by atoms with E-state index in [4.69, 9.17) is 5.11 Å². The van der Waals surface area contributed by atoms with Crippen LogP contribution >= 0.6 is 0 Å². The third-order valence-electron chi connectivity index (χ3n) is 4.04. The second kappa shape index (κ2) is 8.33. The van der Waals surface area contributed by atoms with Crippen molar-refractivity contribution in [1.29, 1.82) is 0 Å². The standard InChI is InChI=1S/C17H21F3N2O3/c18-17(19,20)16(25)22(14-6-7-14)11-10-21(9-8-15(23)24)12-13-4-2-1-3-5-13/h1-5,14H,6-12H2,(H,23,24). The molecule has 1 N–H and O–H groups in total. The summed E-state index contributed by atoms with van der Waals surface area (Å²) in [4.78, 5) is 25.0. The summed E-state index contributed by atoms with van der Waals surface area (Å²) in [5, 5.41) is 8.86. The lowest BCUT2D eigenvalue weighted by atomic mass is 10.2. The zero-order chi connectivity index (χ0) is 18.4. The van der Waals surface area contributed by atoms with Crippen LogP contribution < -0.4 is 0 Å². The van der Waals surface area contributed by atoms with E-state index in [1.54, 1.807) is 4.90 Å². The quantitative estimate of drug-likeness (QED) is 0.737. The number of alkyl halides is 3. The number of hydrogen-bond donors (Lipinski definition) is 1. The number of rotatable bonds is 9. The second-order valence-corrected chi connectivity index (χ2v) is 6.13. The van der Waals surface area contributed by atoms with Crippen LogP contribution in [0.3, 0.4) is 0 Å². The van der Waals surface area contributed by atoms with Crippen molar-refractivity contribution in [3.63, 3.8) is 0 Å². The third-order valence-corrected chi connectivity index (χ3v) is 4.04. The minimum Gasteiger partial charge on any atom is -0.481 e. The fourth-order valence-electron chi connectivity index (χ4n) is 2.61. The van der Waals surface area contributed by atoms with Crippen LogP contribution in [0.15, 0.2) is 30.3 Å². The molecule has 1 saturated carbocycles. The highest BCUT2D eigenvalue weighted by Gasteiger charge is 2.46. The molecule has 0 bridgehead atoms. The Kier molecular flexibility index (Phi) is 6.41. The van der Waals surface area contributed by atoms with Gasteiger partial charge >= 0.3 is 18.1 Å². The van der Waals surface area contributed by atoms with Crippen LogP contribution in [0.5, 0.6) is 0 Å². The smallest absolute Gasteiger partial charge is 0.471 e. The molecule has 0 heterocycles. The van der Waals surface area contributed by atoms with Gasteiger partial charge in [-0.15, -0.1) is 0 Å². The van der Waals surface area contributed by atoms with Crippen LogP contribution in [0.4, 0.5) is 13.2 Å². The summed E-state index contributed by atoms with van der Waals surface area (Å²) in [6, 6.07) is 8.91. The van der Waals surface area contributed by atoms with Gasteiger partial charge in [0.1, 0.15) is 0 Å². The number of nitrogens with zero attached hydrogens (tertiary/aromatic N) is 2. The molecule has 25 heavy (non-hydrogen) atoms. The Morgan fingerprint density at radius 1 is 1.08 bits per heavy atom. The molecule has 0 spiro atoms. The number of aliphatic carboxylic acids is 1. The Bertz CT molecular complexity index is 589. The number of hydrogen-bond acceptors (Lipinski definition) is 3. The molecule has 0 unspecified atom stereocenters. The van der Waals surface area contributed by atoms with Gasteiger partial charge in [0.05, 0.1) is 6.42 Å². The number of benzene rings is 1. The van der Waals surface area contributed by atoms with Crippen molar-refractivity contribution in [1.82, 2.24) is 9.80 Å². The number of carboxylic acids is 1. The van der Waals surface area contributed by atoms with Crippen LogP contribution in [0, 0.1) is 0 Å². The van der Waals surface area contributed by atoms with Gasteiger partial charge in [-0.3, -0.25) is 14.5 Å². The van der Waals surface area contributed by atoms with E-state index in [9.17, 15) is 22.8 Å². The summed E-state index contributed by atoms with van der Waals surface area (Å²) in [5.41, 5.74) is 0.938. The Hall–Kier alpha value is -2.09. The van der Waals surface area contributed by atoms with Crippen LogP contribution in [0.2, 0.25) is 0 Å². The average molecular weight is 358 g/mol. The maximum Gasteiger partial charge on any atom is 0.471 e. The highest BCUT2D eigenvalue weighted by Crippen LogP contribution is 2.30. The lowest BCUT2D eigenvalue weighted by Crippen LogP contribution is -2.46. The van der Waals surface area contributed by atoms with E-state index in [0.29, 0.717) is 19.4 Å². The van der Waals surface area contributed by atoms with Crippen molar-refractivity contribution in [3.8, 4) is 0 Å². The molecule has 138 valence electrons. The Morgan fingerprint density at radius 2 is 1.72 bits per heavy atom. The van der Waals surface area contributed by atoms with Gasteiger partial charge in [-0.1, -0.05) is 30.3 Å². The molecule has 1 aromatic rings. The normalized spacial score (nSPS) is 14.6. The summed E-state index contributed by atoms with van der Waals surface area (Å²) in [6.45, 7) is 0.770. The molecule has 0 atom stereocenters. The number of amides is 1. The highest BCUT2D eigenvalue weighted by molar-refractivity contribution is 5.82. The topological polar surface area (TPSA) is 60.9 Å². The Morgan fingerprint density at radius 3 is 2.24 bits per heavy atom. The van der Waals surface area contributed by atoms with E-state index in [0.717, 1.165) is 10.5 Å². The number of carboxylic acid groups (broad SMARTS) is 1. The minimum absolute atomic E-state index is 0.0601. The Labute approximate surface area is 144 Å². The molecule has 2 rings (SSSR count). The monoisotopic (exact) mass is 358 g/mol. The fourth-order valence-corrected chi connectivity index (χ4v) is 2.61. The summed E-state index contributed by atoms with van der Waals surface area (Å²) in [6.07, 6.45) is -3.83. The van der Waals surface area contributed by atoms with E-state index in [1.165, 1.54) is 0 Å². The van der Waals surface area contributed by atoms with Crippen molar-refractivity contribution in [2.45, 2.75) is 38.0 Å². The lowest BCUT2D eigenvalue weighted by molar-refractivity contribution is -0.186. The first kappa shape index (κ1) is 19.2. The molecule has 1 fully saturated rings. The van der Waals surface area contributed by atoms with E-state index >= 15 is 0 Å². The van der Waals surface area contributed by atoms with Crippen molar-refractivity contribution in [2.24, 2.45) is 0 Å². The zero-order valence-electron chi connectivity index (χ0n) is 13.7. The van der Waals surface area contributed by atoms with Crippen LogP contribution in [0.25, 0.3) is 0 Å². The highest BCUT2D eigenvalue weighted by atomic mass is 19.4. The molecule has 0 radical (unpaired) electrons. The molecule has 0 aliphatic heterocycles. The lowest BCUT2D eigenvalue weighted by Gasteiger charge is -2.28. The predicted molar refractivity (Wildman–Crippen MR) is 84.8 cm³/mol. The van der Waals surface area contributed by atoms with Gasteiger partial charge in [0.15, 0.2) is 0 Å². The molecular formula is C17H21F3N2O3. The van der Waals surface area contributed by atoms with Crippen molar-refractivity contribution < 1.29 is 27.9 Å². The van der Waals surface area contributed by atoms with Gasteiger partial charge in [0.2, 0.25) is 0 Å². The molecule has 1 aliphatic rings. The van der Waals surface area contributed by atoms with Crippen LogP contribution in [-0.4, -0.2) is 58.6 Å². The number of carbonyl (C=O) groups is 2. The predicted octanol–water partition coefficient (Wildman–Crippen LogP) is 2.52. The van der Waals surface area contributed by atoms with Crippen molar-refractivity contribution in [2.75, 3.05) is 19.6 Å². The van der Waals surface area contributed by atoms with E-state index in [2.05, 4.69) is 0 Å². The zero-order valence-corrected chi connectivity index (χ0v) is 13.7. The molecule has 5 nitrogen and oxygen atoms in total. The van der Waals surface area contributed by atoms with Crippen LogP contribution in [-0.2, 0) is 16.1 Å². The summed E-state index contributed by atoms with van der Waals surface area (Å²) in [7, 11) is 0. The van der Waals surface area contributed by atoms with Crippen molar-refractivity contribution in [3.05, 3.63) is 35.9 Å². The van der Waals surface area contributed by atoms with Gasteiger partial charge in [0, 0.05) is 32.2 Å². The van der Waals surface area contributed by atoms with Gasteiger partial charge in [-0.25, -0.2) is 0 Å². The molecule has 0 aromatic heterocycles. The summed E-state index contributed by atoms with van der Waals surface area (Å²) >= 11 is 0. The van der Waals surface area contributed by atoms with E-state index in [1.807, 2.05) is 30.3 Å². The minimum atomic E-state index is -4.88. The maximum atomic E-state index is 12.7. The third kappa shape index (κ3) is 6.38. The summed E-state index contributed by atoms with van der Waals surface area (Å²) < 4.78 is 38.2. The SMILES string of the molecule is O=C(O)CCN(CCN(C(=O)C(F)(F)F)C1CC1)Cc1ccccc1. The molecule has 8 heteroatoms. The van der Waals surface area contributed by atoms with Gasteiger partial charge in [-0.05, 0) is 18.4 Å². The maximum absolute atomic E-state index is 12.7. The van der Waals surface area contributed by atoms with E-state index in [-0.39, 0.29) is 32.1 Å². The fraction of sp³-hybridized carbons (Fsp3) is 0.529. The first-order valence-corrected chi connectivity index (χ1v) is 8.13. The van der Waals surface area contributed by atoms with Crippen molar-refractivity contribution >= 4 is 11.9 Å². The molecule has 1 aliphatic carbocycles. The van der Waals surface area contributed by atoms with Gasteiger partial charge in [0.25, 0.3) is 0 Å². The van der Waals surface area contributed by atoms with E-state index < -0.39 is 18.1 Å². The first-order valence-electron chi connectivity index (χ1n) is 8.13. The first-order chi connectivity index (χ1) is 11.8. The summed E-state index contributed by atoms with van der Waals surface area (Å²) in [5.74, 6) is -2.78. The average Bonchev–Trinajstić information content (AvgIpc) is 3.37. The molecule has 0 saturated heterocycles. The molecular weight excluding hydrogens is 337 g/mol. The number of carbonyl (C=O) groups excluding carboxylic acids is 1.